The SMILES string of the molecule is O[C@@H]1CCC[C@]1(NCc1ccccc1)c1ccccc1. The standard InChI is InChI=1S/C18H21NO/c20-17-12-7-13-18(17,16-10-5-2-6-11-16)19-14-15-8-3-1-4-9-15/h1-6,8-11,17,19-20H,7,12-14H2/t17-,18+/m1/s1. The third-order valence-electron chi connectivity index (χ3n) is 4.36. The summed E-state index contributed by atoms with van der Waals surface area (Å²) in [6.45, 7) is 0.785. The minimum Gasteiger partial charge on any atom is -0.391 e. The van der Waals surface area contributed by atoms with Gasteiger partial charge in [-0.3, -0.25) is 0 Å². The Morgan fingerprint density at radius 2 is 1.65 bits per heavy atom. The highest BCUT2D eigenvalue weighted by atomic mass is 16.3. The molecule has 0 amide bonds. The molecule has 2 N–H and O–H groups in total. The number of hydrogen-bond acceptors (Lipinski definition) is 2. The van der Waals surface area contributed by atoms with E-state index >= 15 is 0 Å². The van der Waals surface area contributed by atoms with Gasteiger partial charge in [-0.1, -0.05) is 60.7 Å². The minimum absolute atomic E-state index is 0.295. The predicted octanol–water partition coefficient (Wildman–Crippen LogP) is 3.22. The van der Waals surface area contributed by atoms with E-state index in [9.17, 15) is 5.11 Å². The molecular formula is C18H21NO. The molecule has 0 aromatic heterocycles. The number of hydrogen-bond donors (Lipinski definition) is 2. The smallest absolute Gasteiger partial charge is 0.0763 e. The van der Waals surface area contributed by atoms with Crippen LogP contribution < -0.4 is 5.32 Å². The lowest BCUT2D eigenvalue weighted by molar-refractivity contribution is 0.0823. The molecule has 1 aliphatic rings. The molecule has 2 atom stereocenters. The zero-order valence-corrected chi connectivity index (χ0v) is 11.6. The van der Waals surface area contributed by atoms with Crippen LogP contribution in [-0.4, -0.2) is 11.2 Å². The lowest BCUT2D eigenvalue weighted by Crippen LogP contribution is -2.47. The molecule has 20 heavy (non-hydrogen) atoms. The third kappa shape index (κ3) is 2.49. The minimum atomic E-state index is -0.311. The second-order valence-electron chi connectivity index (χ2n) is 5.58. The first-order valence-electron chi connectivity index (χ1n) is 7.34. The average molecular weight is 267 g/mol. The Labute approximate surface area is 120 Å². The zero-order chi connectivity index (χ0) is 13.8. The number of aliphatic hydroxyl groups excluding tert-OH is 1. The van der Waals surface area contributed by atoms with Crippen LogP contribution in [0, 0.1) is 0 Å². The van der Waals surface area contributed by atoms with E-state index in [1.54, 1.807) is 0 Å². The van der Waals surface area contributed by atoms with E-state index in [-0.39, 0.29) is 11.6 Å². The van der Waals surface area contributed by atoms with E-state index in [0.29, 0.717) is 0 Å². The van der Waals surface area contributed by atoms with Crippen LogP contribution >= 0.6 is 0 Å². The van der Waals surface area contributed by atoms with Crippen molar-refractivity contribution >= 4 is 0 Å². The van der Waals surface area contributed by atoms with Gasteiger partial charge in [0.2, 0.25) is 0 Å². The molecule has 0 saturated heterocycles. The number of rotatable bonds is 4. The van der Waals surface area contributed by atoms with Crippen molar-refractivity contribution in [3.05, 3.63) is 71.8 Å². The predicted molar refractivity (Wildman–Crippen MR) is 81.3 cm³/mol. The van der Waals surface area contributed by atoms with Crippen LogP contribution in [0.2, 0.25) is 0 Å². The highest BCUT2D eigenvalue weighted by molar-refractivity contribution is 5.28. The molecule has 2 nitrogen and oxygen atoms in total. The molecule has 0 unspecified atom stereocenters. The quantitative estimate of drug-likeness (QED) is 0.891. The van der Waals surface area contributed by atoms with Crippen molar-refractivity contribution in [3.8, 4) is 0 Å². The Bertz CT molecular complexity index is 540. The molecule has 0 bridgehead atoms. The fourth-order valence-corrected chi connectivity index (χ4v) is 3.22. The maximum Gasteiger partial charge on any atom is 0.0763 e. The largest absolute Gasteiger partial charge is 0.391 e. The summed E-state index contributed by atoms with van der Waals surface area (Å²) in [6.07, 6.45) is 2.62. The molecule has 3 rings (SSSR count). The Morgan fingerprint density at radius 1 is 1.00 bits per heavy atom. The van der Waals surface area contributed by atoms with Gasteiger partial charge in [0.15, 0.2) is 0 Å². The van der Waals surface area contributed by atoms with Crippen molar-refractivity contribution in [1.82, 2.24) is 5.32 Å². The van der Waals surface area contributed by atoms with Crippen molar-refractivity contribution in [3.63, 3.8) is 0 Å². The molecule has 2 aromatic rings. The number of benzene rings is 2. The Kier molecular flexibility index (Phi) is 3.86. The van der Waals surface area contributed by atoms with Gasteiger partial charge in [0.1, 0.15) is 0 Å². The van der Waals surface area contributed by atoms with E-state index in [2.05, 4.69) is 41.7 Å². The van der Waals surface area contributed by atoms with Crippen LogP contribution in [0.15, 0.2) is 60.7 Å². The number of aliphatic hydroxyl groups is 1. The molecule has 0 spiro atoms. The summed E-state index contributed by atoms with van der Waals surface area (Å²) in [6, 6.07) is 20.7. The van der Waals surface area contributed by atoms with Gasteiger partial charge in [-0.25, -0.2) is 0 Å². The second-order valence-corrected chi connectivity index (χ2v) is 5.58. The van der Waals surface area contributed by atoms with Gasteiger partial charge in [-0.15, -0.1) is 0 Å². The lowest BCUT2D eigenvalue weighted by Gasteiger charge is -2.35. The molecular weight excluding hydrogens is 246 g/mol. The summed E-state index contributed by atoms with van der Waals surface area (Å²) < 4.78 is 0. The van der Waals surface area contributed by atoms with Crippen LogP contribution in [0.4, 0.5) is 0 Å². The van der Waals surface area contributed by atoms with Gasteiger partial charge < -0.3 is 10.4 Å². The Hall–Kier alpha value is -1.64. The van der Waals surface area contributed by atoms with Crippen LogP contribution in [0.25, 0.3) is 0 Å². The highest BCUT2D eigenvalue weighted by Gasteiger charge is 2.42. The van der Waals surface area contributed by atoms with E-state index in [1.807, 2.05) is 24.3 Å². The van der Waals surface area contributed by atoms with Crippen LogP contribution in [-0.2, 0) is 12.1 Å². The summed E-state index contributed by atoms with van der Waals surface area (Å²) in [5, 5.41) is 14.1. The molecule has 0 heterocycles. The van der Waals surface area contributed by atoms with Gasteiger partial charge in [0, 0.05) is 6.54 Å². The Morgan fingerprint density at radius 3 is 2.25 bits per heavy atom. The summed E-state index contributed by atoms with van der Waals surface area (Å²) in [5.74, 6) is 0. The molecule has 1 fully saturated rings. The first-order valence-corrected chi connectivity index (χ1v) is 7.34. The van der Waals surface area contributed by atoms with E-state index < -0.39 is 0 Å². The van der Waals surface area contributed by atoms with Crippen molar-refractivity contribution in [2.24, 2.45) is 0 Å². The van der Waals surface area contributed by atoms with Crippen LogP contribution in [0.3, 0.4) is 0 Å². The maximum atomic E-state index is 10.5. The molecule has 104 valence electrons. The van der Waals surface area contributed by atoms with Crippen molar-refractivity contribution in [2.45, 2.75) is 37.5 Å². The second kappa shape index (κ2) is 5.78. The van der Waals surface area contributed by atoms with Crippen molar-refractivity contribution in [2.75, 3.05) is 0 Å². The summed E-state index contributed by atoms with van der Waals surface area (Å²) >= 11 is 0. The number of nitrogens with one attached hydrogen (secondary N) is 1. The summed E-state index contributed by atoms with van der Waals surface area (Å²) in [5.41, 5.74) is 2.15. The van der Waals surface area contributed by atoms with Gasteiger partial charge >= 0.3 is 0 Å². The fraction of sp³-hybridized carbons (Fsp3) is 0.333. The zero-order valence-electron chi connectivity index (χ0n) is 11.6. The average Bonchev–Trinajstić information content (AvgIpc) is 2.89. The first-order chi connectivity index (χ1) is 9.81. The van der Waals surface area contributed by atoms with Gasteiger partial charge in [-0.2, -0.15) is 0 Å². The molecule has 0 aliphatic heterocycles. The molecule has 1 saturated carbocycles. The monoisotopic (exact) mass is 267 g/mol. The normalized spacial score (nSPS) is 25.8. The molecule has 1 aliphatic carbocycles. The maximum absolute atomic E-state index is 10.5. The van der Waals surface area contributed by atoms with E-state index in [1.165, 1.54) is 11.1 Å². The Balaban J connectivity index is 1.84. The first kappa shape index (κ1) is 13.3. The van der Waals surface area contributed by atoms with Crippen molar-refractivity contribution < 1.29 is 5.11 Å². The third-order valence-corrected chi connectivity index (χ3v) is 4.36. The van der Waals surface area contributed by atoms with E-state index in [4.69, 9.17) is 0 Å². The van der Waals surface area contributed by atoms with Gasteiger partial charge in [0.25, 0.3) is 0 Å². The molecule has 2 heteroatoms. The van der Waals surface area contributed by atoms with Gasteiger partial charge in [0.05, 0.1) is 11.6 Å². The van der Waals surface area contributed by atoms with Crippen LogP contribution in [0.5, 0.6) is 0 Å². The molecule has 2 aromatic carbocycles. The highest BCUT2D eigenvalue weighted by Crippen LogP contribution is 2.39. The summed E-state index contributed by atoms with van der Waals surface area (Å²) in [4.78, 5) is 0. The van der Waals surface area contributed by atoms with Gasteiger partial charge in [-0.05, 0) is 30.4 Å². The molecule has 0 radical (unpaired) electrons. The van der Waals surface area contributed by atoms with Crippen LogP contribution in [0.1, 0.15) is 30.4 Å². The van der Waals surface area contributed by atoms with E-state index in [0.717, 1.165) is 25.8 Å². The van der Waals surface area contributed by atoms with Crippen molar-refractivity contribution in [1.29, 1.82) is 0 Å². The topological polar surface area (TPSA) is 32.3 Å². The fourth-order valence-electron chi connectivity index (χ4n) is 3.22. The summed E-state index contributed by atoms with van der Waals surface area (Å²) in [7, 11) is 0. The lowest BCUT2D eigenvalue weighted by atomic mass is 9.86.